The average Bonchev–Trinajstić information content (AvgIpc) is 3.20. The number of pyridine rings is 1. The predicted octanol–water partition coefficient (Wildman–Crippen LogP) is 6.28. The third-order valence-corrected chi connectivity index (χ3v) is 6.21. The molecule has 176 valence electrons. The molecular weight excluding hydrogens is 545 g/mol. The SMILES string of the molecule is CCOc1cc(CNn2c(-c3ccncc3)n[nH]c2=S)c(Br)cc1OCc1ccc(F)cc1Cl. The standard InChI is InChI=1S/C23H20BrClFN5O2S/c1-2-32-20-9-16(12-28-31-22(29-30-23(31)34)14-5-7-27-8-6-14)18(24)11-21(20)33-13-15-3-4-17(26)10-19(15)25/h3-11,28H,2,12-13H2,1H3,(H,30,34). The molecular formula is C23H20BrClFN5O2S. The second-order valence-corrected chi connectivity index (χ2v) is 8.75. The number of nitrogens with zero attached hydrogens (tertiary/aromatic N) is 3. The van der Waals surface area contributed by atoms with Crippen LogP contribution in [0.3, 0.4) is 0 Å². The fraction of sp³-hybridized carbons (Fsp3) is 0.174. The van der Waals surface area contributed by atoms with E-state index in [0.29, 0.717) is 45.8 Å². The van der Waals surface area contributed by atoms with Gasteiger partial charge in [-0.25, -0.2) is 14.2 Å². The maximum Gasteiger partial charge on any atom is 0.214 e. The van der Waals surface area contributed by atoms with Crippen LogP contribution < -0.4 is 14.9 Å². The zero-order valence-corrected chi connectivity index (χ0v) is 21.2. The highest BCUT2D eigenvalue weighted by Gasteiger charge is 2.14. The molecule has 0 amide bonds. The second-order valence-electron chi connectivity index (χ2n) is 7.11. The van der Waals surface area contributed by atoms with Gasteiger partial charge >= 0.3 is 0 Å². The summed E-state index contributed by atoms with van der Waals surface area (Å²) in [6, 6.07) is 11.6. The summed E-state index contributed by atoms with van der Waals surface area (Å²) in [4.78, 5) is 4.04. The highest BCUT2D eigenvalue weighted by molar-refractivity contribution is 9.10. The minimum absolute atomic E-state index is 0.169. The number of ether oxygens (including phenoxy) is 2. The number of nitrogens with one attached hydrogen (secondary N) is 2. The van der Waals surface area contributed by atoms with Crippen molar-refractivity contribution in [1.29, 1.82) is 0 Å². The minimum Gasteiger partial charge on any atom is -0.490 e. The fourth-order valence-electron chi connectivity index (χ4n) is 3.19. The maximum atomic E-state index is 13.3. The number of aromatic amines is 1. The van der Waals surface area contributed by atoms with Crippen molar-refractivity contribution in [3.05, 3.63) is 86.1 Å². The zero-order chi connectivity index (χ0) is 24.1. The summed E-state index contributed by atoms with van der Waals surface area (Å²) in [6.45, 7) is 2.95. The van der Waals surface area contributed by atoms with Gasteiger partial charge in [0.2, 0.25) is 4.77 Å². The van der Waals surface area contributed by atoms with E-state index in [9.17, 15) is 4.39 Å². The minimum atomic E-state index is -0.395. The number of hydrogen-bond donors (Lipinski definition) is 2. The number of rotatable bonds is 9. The van der Waals surface area contributed by atoms with Crippen molar-refractivity contribution in [3.63, 3.8) is 0 Å². The maximum absolute atomic E-state index is 13.3. The molecule has 4 rings (SSSR count). The van der Waals surface area contributed by atoms with E-state index in [1.54, 1.807) is 23.1 Å². The molecule has 0 saturated heterocycles. The molecule has 0 atom stereocenters. The molecule has 34 heavy (non-hydrogen) atoms. The number of hydrogen-bond acceptors (Lipinski definition) is 6. The summed E-state index contributed by atoms with van der Waals surface area (Å²) in [5, 5.41) is 7.43. The van der Waals surface area contributed by atoms with E-state index in [1.807, 2.05) is 31.2 Å². The van der Waals surface area contributed by atoms with Gasteiger partial charge in [-0.05, 0) is 61.1 Å². The summed E-state index contributed by atoms with van der Waals surface area (Å²) < 4.78 is 28.0. The number of H-pyrrole nitrogens is 1. The van der Waals surface area contributed by atoms with Crippen molar-refractivity contribution < 1.29 is 13.9 Å². The molecule has 7 nitrogen and oxygen atoms in total. The Morgan fingerprint density at radius 3 is 2.62 bits per heavy atom. The Balaban J connectivity index is 1.54. The third kappa shape index (κ3) is 5.57. The predicted molar refractivity (Wildman–Crippen MR) is 135 cm³/mol. The normalized spacial score (nSPS) is 10.8. The number of halogens is 3. The molecule has 0 fully saturated rings. The van der Waals surface area contributed by atoms with Crippen LogP contribution in [0.4, 0.5) is 4.39 Å². The average molecular weight is 565 g/mol. The van der Waals surface area contributed by atoms with Crippen molar-refractivity contribution in [2.24, 2.45) is 0 Å². The summed E-state index contributed by atoms with van der Waals surface area (Å²) in [7, 11) is 0. The van der Waals surface area contributed by atoms with Crippen LogP contribution in [0, 0.1) is 10.6 Å². The quantitative estimate of drug-likeness (QED) is 0.233. The van der Waals surface area contributed by atoms with Gasteiger partial charge < -0.3 is 14.9 Å². The number of benzene rings is 2. The van der Waals surface area contributed by atoms with Crippen LogP contribution in [-0.2, 0) is 13.2 Å². The van der Waals surface area contributed by atoms with Crippen molar-refractivity contribution in [1.82, 2.24) is 19.9 Å². The van der Waals surface area contributed by atoms with Gasteiger partial charge in [-0.15, -0.1) is 0 Å². The molecule has 2 N–H and O–H groups in total. The third-order valence-electron chi connectivity index (χ3n) is 4.85. The van der Waals surface area contributed by atoms with E-state index >= 15 is 0 Å². The van der Waals surface area contributed by atoms with Crippen LogP contribution >= 0.6 is 39.7 Å². The Kier molecular flexibility index (Phi) is 7.81. The Labute approximate surface area is 214 Å². The van der Waals surface area contributed by atoms with E-state index in [2.05, 4.69) is 36.5 Å². The smallest absolute Gasteiger partial charge is 0.214 e. The van der Waals surface area contributed by atoms with Crippen LogP contribution in [0.2, 0.25) is 5.02 Å². The Bertz CT molecular complexity index is 1350. The molecule has 11 heteroatoms. The first-order valence-corrected chi connectivity index (χ1v) is 11.9. The Morgan fingerprint density at radius 2 is 1.88 bits per heavy atom. The van der Waals surface area contributed by atoms with Crippen molar-refractivity contribution in [3.8, 4) is 22.9 Å². The first-order chi connectivity index (χ1) is 16.5. The lowest BCUT2D eigenvalue weighted by atomic mass is 10.2. The van der Waals surface area contributed by atoms with Crippen LogP contribution in [0.25, 0.3) is 11.4 Å². The van der Waals surface area contributed by atoms with E-state index < -0.39 is 5.82 Å². The topological polar surface area (TPSA) is 77.0 Å². The van der Waals surface area contributed by atoms with Crippen molar-refractivity contribution >= 4 is 39.7 Å². The summed E-state index contributed by atoms with van der Waals surface area (Å²) in [6.07, 6.45) is 3.39. The van der Waals surface area contributed by atoms with Gasteiger partial charge in [0.05, 0.1) is 18.2 Å². The molecule has 0 aliphatic rings. The zero-order valence-electron chi connectivity index (χ0n) is 18.0. The largest absolute Gasteiger partial charge is 0.490 e. The molecule has 0 aliphatic heterocycles. The second kappa shape index (κ2) is 11.0. The van der Waals surface area contributed by atoms with E-state index in [0.717, 1.165) is 15.6 Å². The van der Waals surface area contributed by atoms with Gasteiger partial charge in [-0.3, -0.25) is 4.98 Å². The van der Waals surface area contributed by atoms with Gasteiger partial charge in [-0.2, -0.15) is 5.10 Å². The molecule has 2 heterocycles. The van der Waals surface area contributed by atoms with Crippen LogP contribution in [0.1, 0.15) is 18.1 Å². The van der Waals surface area contributed by atoms with Gasteiger partial charge in [0.15, 0.2) is 17.3 Å². The highest BCUT2D eigenvalue weighted by Crippen LogP contribution is 2.35. The first-order valence-electron chi connectivity index (χ1n) is 10.3. The monoisotopic (exact) mass is 563 g/mol. The molecule has 0 unspecified atom stereocenters. The molecule has 0 spiro atoms. The fourth-order valence-corrected chi connectivity index (χ4v) is 4.07. The lowest BCUT2D eigenvalue weighted by Gasteiger charge is -2.17. The molecule has 0 aliphatic carbocycles. The molecule has 2 aromatic carbocycles. The van der Waals surface area contributed by atoms with Gasteiger partial charge in [-0.1, -0.05) is 33.6 Å². The molecule has 0 radical (unpaired) electrons. The van der Waals surface area contributed by atoms with Gasteiger partial charge in [0.1, 0.15) is 12.4 Å². The van der Waals surface area contributed by atoms with Crippen LogP contribution in [0.15, 0.2) is 59.3 Å². The summed E-state index contributed by atoms with van der Waals surface area (Å²) in [5.41, 5.74) is 5.75. The summed E-state index contributed by atoms with van der Waals surface area (Å²) >= 11 is 15.1. The Morgan fingerprint density at radius 1 is 1.12 bits per heavy atom. The molecule has 4 aromatic rings. The lowest BCUT2D eigenvalue weighted by Crippen LogP contribution is -2.16. The van der Waals surface area contributed by atoms with Gasteiger partial charge in [0.25, 0.3) is 0 Å². The van der Waals surface area contributed by atoms with Crippen LogP contribution in [-0.4, -0.2) is 26.5 Å². The Hall–Kier alpha value is -2.95. The highest BCUT2D eigenvalue weighted by atomic mass is 79.9. The van der Waals surface area contributed by atoms with Crippen LogP contribution in [0.5, 0.6) is 11.5 Å². The number of aromatic nitrogens is 4. The van der Waals surface area contributed by atoms with Gasteiger partial charge in [0, 0.05) is 28.0 Å². The van der Waals surface area contributed by atoms with Crippen molar-refractivity contribution in [2.45, 2.75) is 20.1 Å². The van der Waals surface area contributed by atoms with E-state index in [1.165, 1.54) is 12.1 Å². The van der Waals surface area contributed by atoms with E-state index in [-0.39, 0.29) is 6.61 Å². The lowest BCUT2D eigenvalue weighted by molar-refractivity contribution is 0.269. The molecule has 0 bridgehead atoms. The van der Waals surface area contributed by atoms with Crippen molar-refractivity contribution in [2.75, 3.05) is 12.0 Å². The molecule has 0 saturated carbocycles. The van der Waals surface area contributed by atoms with E-state index in [4.69, 9.17) is 33.3 Å². The first kappa shape index (κ1) is 24.2. The molecule has 2 aromatic heterocycles. The summed E-state index contributed by atoms with van der Waals surface area (Å²) in [5.74, 6) is 1.36.